The molecule has 1 N–H and O–H groups in total. The number of benzene rings is 3. The SMILES string of the molecule is COc1cc(OC)c(NC(=O)CN2C(=O)N(CC(=O)Cc3ccccc3OC)Cc3ccccc32)cc1Cl. The Balaban J connectivity index is 1.51. The number of halogens is 1. The molecule has 0 saturated heterocycles. The average molecular weight is 538 g/mol. The molecule has 198 valence electrons. The van der Waals surface area contributed by atoms with E-state index < -0.39 is 11.9 Å². The number of para-hydroxylation sites is 2. The third kappa shape index (κ3) is 5.84. The van der Waals surface area contributed by atoms with Crippen molar-refractivity contribution in [3.05, 3.63) is 76.8 Å². The second kappa shape index (κ2) is 11.9. The Morgan fingerprint density at radius 2 is 1.58 bits per heavy atom. The molecule has 0 atom stereocenters. The molecule has 3 aromatic rings. The van der Waals surface area contributed by atoms with Crippen molar-refractivity contribution in [1.82, 2.24) is 4.90 Å². The van der Waals surface area contributed by atoms with Crippen molar-refractivity contribution in [2.45, 2.75) is 13.0 Å². The Morgan fingerprint density at radius 1 is 0.895 bits per heavy atom. The summed E-state index contributed by atoms with van der Waals surface area (Å²) in [5, 5.41) is 3.05. The highest BCUT2D eigenvalue weighted by atomic mass is 35.5. The van der Waals surface area contributed by atoms with Crippen LogP contribution in [0.15, 0.2) is 60.7 Å². The summed E-state index contributed by atoms with van der Waals surface area (Å²) in [4.78, 5) is 42.3. The number of rotatable bonds is 10. The zero-order chi connectivity index (χ0) is 27.2. The van der Waals surface area contributed by atoms with Crippen LogP contribution in [0.3, 0.4) is 0 Å². The number of nitrogens with one attached hydrogen (secondary N) is 1. The number of methoxy groups -OCH3 is 3. The summed E-state index contributed by atoms with van der Waals surface area (Å²) in [5.41, 5.74) is 2.52. The van der Waals surface area contributed by atoms with Crippen LogP contribution >= 0.6 is 11.6 Å². The van der Waals surface area contributed by atoms with Crippen LogP contribution < -0.4 is 24.4 Å². The van der Waals surface area contributed by atoms with Crippen LogP contribution in [0.2, 0.25) is 5.02 Å². The van der Waals surface area contributed by atoms with E-state index in [2.05, 4.69) is 5.32 Å². The van der Waals surface area contributed by atoms with Gasteiger partial charge < -0.3 is 24.4 Å². The largest absolute Gasteiger partial charge is 0.496 e. The second-order valence-corrected chi connectivity index (χ2v) is 9.02. The minimum absolute atomic E-state index is 0.106. The molecule has 38 heavy (non-hydrogen) atoms. The van der Waals surface area contributed by atoms with Crippen molar-refractivity contribution in [1.29, 1.82) is 0 Å². The van der Waals surface area contributed by atoms with Crippen LogP contribution in [0.5, 0.6) is 17.2 Å². The molecule has 0 saturated carbocycles. The van der Waals surface area contributed by atoms with Gasteiger partial charge >= 0.3 is 6.03 Å². The third-order valence-electron chi connectivity index (χ3n) is 6.14. The van der Waals surface area contributed by atoms with Gasteiger partial charge in [0.1, 0.15) is 23.8 Å². The first-order valence-electron chi connectivity index (χ1n) is 11.8. The number of urea groups is 1. The Bertz CT molecular complexity index is 1360. The molecule has 0 spiro atoms. The van der Waals surface area contributed by atoms with Crippen LogP contribution in [-0.2, 0) is 22.6 Å². The number of hydrogen-bond donors (Lipinski definition) is 1. The number of carbonyl (C=O) groups is 3. The molecule has 0 radical (unpaired) electrons. The normalized spacial score (nSPS) is 12.6. The number of fused-ring (bicyclic) bond motifs is 1. The molecule has 1 aliphatic heterocycles. The van der Waals surface area contributed by atoms with E-state index in [-0.39, 0.29) is 31.8 Å². The van der Waals surface area contributed by atoms with Crippen LogP contribution in [0.1, 0.15) is 11.1 Å². The first kappa shape index (κ1) is 26.8. The summed E-state index contributed by atoms with van der Waals surface area (Å²) in [5.74, 6) is 0.756. The van der Waals surface area contributed by atoms with E-state index in [0.29, 0.717) is 33.6 Å². The van der Waals surface area contributed by atoms with Gasteiger partial charge in [0.15, 0.2) is 5.78 Å². The van der Waals surface area contributed by atoms with Crippen molar-refractivity contribution < 1.29 is 28.6 Å². The lowest BCUT2D eigenvalue weighted by Gasteiger charge is -2.36. The van der Waals surface area contributed by atoms with Crippen molar-refractivity contribution in [3.63, 3.8) is 0 Å². The summed E-state index contributed by atoms with van der Waals surface area (Å²) in [6, 6.07) is 17.2. The first-order chi connectivity index (χ1) is 18.3. The molecule has 10 heteroatoms. The Hall–Kier alpha value is -4.24. The van der Waals surface area contributed by atoms with Gasteiger partial charge in [0.25, 0.3) is 0 Å². The summed E-state index contributed by atoms with van der Waals surface area (Å²) in [6.07, 6.45) is 0.119. The number of amides is 3. The number of ketones is 1. The fourth-order valence-electron chi connectivity index (χ4n) is 4.35. The number of hydrogen-bond acceptors (Lipinski definition) is 6. The maximum Gasteiger partial charge on any atom is 0.325 e. The molecule has 4 rings (SSSR count). The number of carbonyl (C=O) groups excluding carboxylic acids is 3. The summed E-state index contributed by atoms with van der Waals surface area (Å²) in [7, 11) is 4.49. The predicted molar refractivity (Wildman–Crippen MR) is 144 cm³/mol. The molecular formula is C28H28ClN3O6. The fourth-order valence-corrected chi connectivity index (χ4v) is 4.59. The molecule has 0 fully saturated rings. The topological polar surface area (TPSA) is 97.4 Å². The molecule has 3 aromatic carbocycles. The average Bonchev–Trinajstić information content (AvgIpc) is 2.91. The van der Waals surface area contributed by atoms with E-state index in [4.69, 9.17) is 25.8 Å². The van der Waals surface area contributed by atoms with E-state index in [0.717, 1.165) is 11.1 Å². The molecule has 1 aliphatic rings. The first-order valence-corrected chi connectivity index (χ1v) is 12.2. The number of Topliss-reactive ketones (excluding diaryl/α,β-unsaturated/α-hetero) is 1. The number of ether oxygens (including phenoxy) is 3. The highest BCUT2D eigenvalue weighted by Crippen LogP contribution is 2.36. The van der Waals surface area contributed by atoms with Crippen molar-refractivity contribution in [3.8, 4) is 17.2 Å². The van der Waals surface area contributed by atoms with Gasteiger partial charge in [-0.05, 0) is 23.8 Å². The van der Waals surface area contributed by atoms with Crippen LogP contribution in [0.4, 0.5) is 16.2 Å². The number of anilines is 2. The molecule has 3 amide bonds. The number of nitrogens with zero attached hydrogens (tertiary/aromatic N) is 2. The second-order valence-electron chi connectivity index (χ2n) is 8.62. The predicted octanol–water partition coefficient (Wildman–Crippen LogP) is 4.56. The van der Waals surface area contributed by atoms with Gasteiger partial charge in [0, 0.05) is 24.6 Å². The molecule has 0 bridgehead atoms. The summed E-state index contributed by atoms with van der Waals surface area (Å²) in [6.45, 7) is -0.127. The lowest BCUT2D eigenvalue weighted by molar-refractivity contribution is -0.119. The van der Waals surface area contributed by atoms with Gasteiger partial charge in [0.05, 0.1) is 44.3 Å². The van der Waals surface area contributed by atoms with E-state index in [9.17, 15) is 14.4 Å². The maximum absolute atomic E-state index is 13.5. The van der Waals surface area contributed by atoms with Crippen molar-refractivity contribution >= 4 is 40.7 Å². The fraction of sp³-hybridized carbons (Fsp3) is 0.250. The van der Waals surface area contributed by atoms with Gasteiger partial charge in [-0.25, -0.2) is 4.79 Å². The van der Waals surface area contributed by atoms with Gasteiger partial charge in [-0.15, -0.1) is 0 Å². The summed E-state index contributed by atoms with van der Waals surface area (Å²) < 4.78 is 15.9. The molecule has 0 unspecified atom stereocenters. The zero-order valence-electron chi connectivity index (χ0n) is 21.3. The summed E-state index contributed by atoms with van der Waals surface area (Å²) >= 11 is 6.23. The van der Waals surface area contributed by atoms with Crippen LogP contribution in [0, 0.1) is 0 Å². The van der Waals surface area contributed by atoms with E-state index >= 15 is 0 Å². The van der Waals surface area contributed by atoms with Crippen LogP contribution in [-0.4, -0.2) is 57.0 Å². The van der Waals surface area contributed by atoms with Gasteiger partial charge in [-0.1, -0.05) is 48.0 Å². The Morgan fingerprint density at radius 3 is 2.32 bits per heavy atom. The lowest BCUT2D eigenvalue weighted by Crippen LogP contribution is -2.51. The monoisotopic (exact) mass is 537 g/mol. The highest BCUT2D eigenvalue weighted by Gasteiger charge is 2.32. The van der Waals surface area contributed by atoms with E-state index in [1.807, 2.05) is 30.3 Å². The smallest absolute Gasteiger partial charge is 0.325 e. The van der Waals surface area contributed by atoms with Gasteiger partial charge in [0.2, 0.25) is 5.91 Å². The molecule has 0 aliphatic carbocycles. The molecule has 9 nitrogen and oxygen atoms in total. The van der Waals surface area contributed by atoms with E-state index in [1.54, 1.807) is 31.4 Å². The lowest BCUT2D eigenvalue weighted by atomic mass is 10.1. The quantitative estimate of drug-likeness (QED) is 0.407. The van der Waals surface area contributed by atoms with Gasteiger partial charge in [-0.2, -0.15) is 0 Å². The van der Waals surface area contributed by atoms with Crippen molar-refractivity contribution in [2.75, 3.05) is 44.6 Å². The molecule has 0 aromatic heterocycles. The molecular weight excluding hydrogens is 510 g/mol. The van der Waals surface area contributed by atoms with E-state index in [1.165, 1.54) is 30.1 Å². The highest BCUT2D eigenvalue weighted by molar-refractivity contribution is 6.32. The maximum atomic E-state index is 13.5. The van der Waals surface area contributed by atoms with Crippen LogP contribution in [0.25, 0.3) is 0 Å². The Kier molecular flexibility index (Phi) is 8.38. The third-order valence-corrected chi connectivity index (χ3v) is 6.44. The Labute approximate surface area is 225 Å². The minimum Gasteiger partial charge on any atom is -0.496 e. The standard InChI is InChI=1S/C28H28ClN3O6/c1-36-24-11-7-5-8-18(24)12-20(33)16-31-15-19-9-4-6-10-23(19)32(28(31)35)17-27(34)30-22-13-21(29)25(37-2)14-26(22)38-3/h4-11,13-14H,12,15-17H2,1-3H3,(H,30,34). The van der Waals surface area contributed by atoms with Gasteiger partial charge in [-0.3, -0.25) is 14.5 Å². The van der Waals surface area contributed by atoms with Crippen molar-refractivity contribution in [2.24, 2.45) is 0 Å². The molecule has 1 heterocycles. The zero-order valence-corrected chi connectivity index (χ0v) is 22.1. The minimum atomic E-state index is -0.463.